The van der Waals surface area contributed by atoms with Gasteiger partial charge in [-0.05, 0) is 50.0 Å². The van der Waals surface area contributed by atoms with Crippen LogP contribution in [-0.4, -0.2) is 12.3 Å². The lowest BCUT2D eigenvalue weighted by Gasteiger charge is -2.40. The highest BCUT2D eigenvalue weighted by atomic mass is 16.5. The van der Waals surface area contributed by atoms with Crippen LogP contribution in [0.1, 0.15) is 53.4 Å². The molecule has 0 radical (unpaired) electrons. The maximum absolute atomic E-state index is 11.2. The average molecular weight is 290 g/mol. The van der Waals surface area contributed by atoms with Crippen molar-refractivity contribution in [1.29, 1.82) is 0 Å². The van der Waals surface area contributed by atoms with Gasteiger partial charge < -0.3 is 4.74 Å². The minimum atomic E-state index is -0.379. The van der Waals surface area contributed by atoms with Crippen LogP contribution >= 0.6 is 0 Å². The second-order valence-electron chi connectivity index (χ2n) is 6.46. The van der Waals surface area contributed by atoms with Gasteiger partial charge in [0.1, 0.15) is 12.0 Å². The van der Waals surface area contributed by atoms with Crippen LogP contribution in [0.5, 0.6) is 0 Å². The summed E-state index contributed by atoms with van der Waals surface area (Å²) in [5, 5.41) is 0. The first-order valence-corrected chi connectivity index (χ1v) is 7.46. The zero-order valence-corrected chi connectivity index (χ0v) is 13.6. The van der Waals surface area contributed by atoms with Crippen molar-refractivity contribution in [2.75, 3.05) is 0 Å². The van der Waals surface area contributed by atoms with E-state index < -0.39 is 0 Å². The number of esters is 1. The molecule has 0 spiro atoms. The molecule has 1 rings (SSSR count). The van der Waals surface area contributed by atoms with E-state index in [0.29, 0.717) is 17.3 Å². The lowest BCUT2D eigenvalue weighted by Crippen LogP contribution is -2.29. The van der Waals surface area contributed by atoms with Gasteiger partial charge >= 0.3 is 5.97 Å². The van der Waals surface area contributed by atoms with Crippen LogP contribution in [0, 0.1) is 11.3 Å². The number of allylic oxidation sites excluding steroid dienone is 5. The van der Waals surface area contributed by atoms with Crippen molar-refractivity contribution < 1.29 is 14.3 Å². The van der Waals surface area contributed by atoms with Crippen molar-refractivity contribution in [1.82, 2.24) is 0 Å². The largest absolute Gasteiger partial charge is 0.432 e. The van der Waals surface area contributed by atoms with E-state index in [0.717, 1.165) is 19.1 Å². The van der Waals surface area contributed by atoms with Gasteiger partial charge in [-0.15, -0.1) is 0 Å². The average Bonchev–Trinajstić information content (AvgIpc) is 2.34. The summed E-state index contributed by atoms with van der Waals surface area (Å²) in [7, 11) is 0. The fraction of sp³-hybridized carbons (Fsp3) is 0.556. The van der Waals surface area contributed by atoms with E-state index in [1.807, 2.05) is 6.08 Å². The predicted octanol–water partition coefficient (Wildman–Crippen LogP) is 4.35. The van der Waals surface area contributed by atoms with Crippen molar-refractivity contribution in [3.05, 3.63) is 35.6 Å². The highest BCUT2D eigenvalue weighted by Gasteiger charge is 2.33. The summed E-state index contributed by atoms with van der Waals surface area (Å²) < 4.78 is 4.94. The molecule has 0 amide bonds. The van der Waals surface area contributed by atoms with E-state index in [9.17, 15) is 9.59 Å². The normalized spacial score (nSPS) is 22.9. The molecule has 1 saturated carbocycles. The third-order valence-electron chi connectivity index (χ3n) is 4.16. The van der Waals surface area contributed by atoms with Gasteiger partial charge in [0.05, 0.1) is 0 Å². The monoisotopic (exact) mass is 290 g/mol. The Morgan fingerprint density at radius 1 is 1.43 bits per heavy atom. The summed E-state index contributed by atoms with van der Waals surface area (Å²) in [6.07, 6.45) is 8.56. The molecule has 0 aliphatic heterocycles. The highest BCUT2D eigenvalue weighted by molar-refractivity contribution is 5.78. The van der Waals surface area contributed by atoms with Crippen LogP contribution in [0.3, 0.4) is 0 Å². The van der Waals surface area contributed by atoms with Crippen molar-refractivity contribution in [3.8, 4) is 0 Å². The molecule has 3 nitrogen and oxygen atoms in total. The third-order valence-corrected chi connectivity index (χ3v) is 4.16. The maximum atomic E-state index is 11.2. The lowest BCUT2D eigenvalue weighted by atomic mass is 9.65. The molecule has 1 aliphatic rings. The van der Waals surface area contributed by atoms with Crippen LogP contribution < -0.4 is 0 Å². The molecule has 1 fully saturated rings. The minimum absolute atomic E-state index is 0.217. The Morgan fingerprint density at radius 3 is 2.62 bits per heavy atom. The number of aldehydes is 1. The predicted molar refractivity (Wildman–Crippen MR) is 84.5 cm³/mol. The molecule has 0 N–H and O–H groups in total. The standard InChI is InChI=1S/C18H26O3/c1-13-7-6-10-18(4,5)17(13)9-8-16(12-19)11-14(2)21-15(3)20/h8,11-12,17H,1,6-7,9-10H2,2-5H3/b14-11+,16-8+/t17-/m0/s1. The number of hydrogen-bond acceptors (Lipinski definition) is 3. The van der Waals surface area contributed by atoms with Crippen LogP contribution in [-0.2, 0) is 14.3 Å². The number of ether oxygens (including phenoxy) is 1. The summed E-state index contributed by atoms with van der Waals surface area (Å²) >= 11 is 0. The molecule has 3 heteroatoms. The topological polar surface area (TPSA) is 43.4 Å². The van der Waals surface area contributed by atoms with Gasteiger partial charge in [0, 0.05) is 12.5 Å². The van der Waals surface area contributed by atoms with Crippen molar-refractivity contribution in [3.63, 3.8) is 0 Å². The molecule has 1 atom stereocenters. The first-order chi connectivity index (χ1) is 9.76. The first-order valence-electron chi connectivity index (χ1n) is 7.46. The van der Waals surface area contributed by atoms with Crippen molar-refractivity contribution in [2.45, 2.75) is 53.4 Å². The Bertz CT molecular complexity index is 481. The fourth-order valence-electron chi connectivity index (χ4n) is 3.04. The Labute approximate surface area is 127 Å². The summed E-state index contributed by atoms with van der Waals surface area (Å²) in [4.78, 5) is 22.0. The SMILES string of the molecule is C=C1CCCC(C)(C)[C@H]1C/C=C(C=O)\C=C(/C)OC(C)=O. The summed E-state index contributed by atoms with van der Waals surface area (Å²) in [6, 6.07) is 0. The summed E-state index contributed by atoms with van der Waals surface area (Å²) in [5.41, 5.74) is 2.03. The Balaban J connectivity index is 2.82. The van der Waals surface area contributed by atoms with E-state index in [1.54, 1.807) is 13.0 Å². The van der Waals surface area contributed by atoms with E-state index in [1.165, 1.54) is 25.3 Å². The van der Waals surface area contributed by atoms with Gasteiger partial charge in [0.2, 0.25) is 0 Å². The molecule has 0 unspecified atom stereocenters. The Morgan fingerprint density at radius 2 is 2.10 bits per heavy atom. The number of carbonyl (C=O) groups is 2. The van der Waals surface area contributed by atoms with Gasteiger partial charge in [-0.1, -0.05) is 32.1 Å². The van der Waals surface area contributed by atoms with Crippen LogP contribution in [0.4, 0.5) is 0 Å². The van der Waals surface area contributed by atoms with Crippen molar-refractivity contribution in [2.24, 2.45) is 11.3 Å². The number of rotatable bonds is 5. The van der Waals surface area contributed by atoms with E-state index in [4.69, 9.17) is 4.74 Å². The van der Waals surface area contributed by atoms with Gasteiger partial charge in [0.15, 0.2) is 0 Å². The molecule has 21 heavy (non-hydrogen) atoms. The van der Waals surface area contributed by atoms with Crippen LogP contribution in [0.2, 0.25) is 0 Å². The lowest BCUT2D eigenvalue weighted by molar-refractivity contribution is -0.136. The Hall–Kier alpha value is -1.64. The summed E-state index contributed by atoms with van der Waals surface area (Å²) in [6.45, 7) is 11.7. The molecule has 0 bridgehead atoms. The summed E-state index contributed by atoms with van der Waals surface area (Å²) in [5.74, 6) is 0.446. The molecule has 0 heterocycles. The molecular weight excluding hydrogens is 264 g/mol. The highest BCUT2D eigenvalue weighted by Crippen LogP contribution is 2.45. The molecule has 0 aromatic carbocycles. The molecule has 0 aromatic rings. The molecule has 0 saturated heterocycles. The zero-order chi connectivity index (χ0) is 16.0. The van der Waals surface area contributed by atoms with Gasteiger partial charge in [-0.3, -0.25) is 9.59 Å². The van der Waals surface area contributed by atoms with E-state index in [-0.39, 0.29) is 11.4 Å². The molecule has 0 aromatic heterocycles. The van der Waals surface area contributed by atoms with Gasteiger partial charge in [0.25, 0.3) is 0 Å². The van der Waals surface area contributed by atoms with Crippen LogP contribution in [0.15, 0.2) is 35.6 Å². The number of hydrogen-bond donors (Lipinski definition) is 0. The van der Waals surface area contributed by atoms with Gasteiger partial charge in [-0.2, -0.15) is 0 Å². The third kappa shape index (κ3) is 5.33. The van der Waals surface area contributed by atoms with E-state index >= 15 is 0 Å². The maximum Gasteiger partial charge on any atom is 0.307 e. The van der Waals surface area contributed by atoms with Gasteiger partial charge in [-0.25, -0.2) is 0 Å². The van der Waals surface area contributed by atoms with Crippen LogP contribution in [0.25, 0.3) is 0 Å². The Kier molecular flexibility index (Phi) is 6.13. The quantitative estimate of drug-likeness (QED) is 0.189. The first kappa shape index (κ1) is 17.4. The number of carbonyl (C=O) groups excluding carboxylic acids is 2. The van der Waals surface area contributed by atoms with Crippen molar-refractivity contribution >= 4 is 12.3 Å². The minimum Gasteiger partial charge on any atom is -0.432 e. The second kappa shape index (κ2) is 7.39. The smallest absolute Gasteiger partial charge is 0.307 e. The second-order valence-corrected chi connectivity index (χ2v) is 6.46. The van der Waals surface area contributed by atoms with E-state index in [2.05, 4.69) is 20.4 Å². The molecule has 1 aliphatic carbocycles. The fourth-order valence-corrected chi connectivity index (χ4v) is 3.04. The molecular formula is C18H26O3. The molecule has 116 valence electrons. The zero-order valence-electron chi connectivity index (χ0n) is 13.6.